The lowest BCUT2D eigenvalue weighted by Crippen LogP contribution is -2.48. The van der Waals surface area contributed by atoms with E-state index in [-0.39, 0.29) is 24.3 Å². The van der Waals surface area contributed by atoms with Gasteiger partial charge in [-0.15, -0.1) is 0 Å². The number of ether oxygens (including phenoxy) is 1. The molecule has 2 fully saturated rings. The Kier molecular flexibility index (Phi) is 3.93. The lowest BCUT2D eigenvalue weighted by molar-refractivity contribution is -0.140. The number of aliphatic hydroxyl groups excluding tert-OH is 1. The highest BCUT2D eigenvalue weighted by Gasteiger charge is 2.46. The van der Waals surface area contributed by atoms with Gasteiger partial charge in [0.25, 0.3) is 0 Å². The number of hydrogen-bond donors (Lipinski definition) is 1. The number of aliphatic hydroxyl groups is 1. The van der Waals surface area contributed by atoms with Crippen LogP contribution in [0, 0.1) is 0 Å². The first kappa shape index (κ1) is 13.8. The minimum absolute atomic E-state index is 0.0959. The molecule has 0 aromatic rings. The molecule has 2 rings (SSSR count). The fraction of sp³-hybridized carbons (Fsp3) is 0.909. The van der Waals surface area contributed by atoms with Crippen molar-refractivity contribution in [2.45, 2.75) is 50.3 Å². The molecule has 2 aliphatic rings. The van der Waals surface area contributed by atoms with E-state index in [0.29, 0.717) is 12.8 Å². The molecule has 7 heteroatoms. The van der Waals surface area contributed by atoms with Gasteiger partial charge in [0, 0.05) is 12.1 Å². The number of fused-ring (bicyclic) bond motifs is 2. The lowest BCUT2D eigenvalue weighted by Gasteiger charge is -2.35. The van der Waals surface area contributed by atoms with Crippen LogP contribution in [0.3, 0.4) is 0 Å². The van der Waals surface area contributed by atoms with Crippen molar-refractivity contribution in [3.63, 3.8) is 0 Å². The largest absolute Gasteiger partial charge is 0.469 e. The van der Waals surface area contributed by atoms with Crippen LogP contribution in [0.25, 0.3) is 0 Å². The van der Waals surface area contributed by atoms with Gasteiger partial charge < -0.3 is 9.84 Å². The zero-order chi connectivity index (χ0) is 13.3. The normalized spacial score (nSPS) is 32.4. The first-order valence-corrected chi connectivity index (χ1v) is 7.81. The molecule has 0 aromatic carbocycles. The van der Waals surface area contributed by atoms with Crippen molar-refractivity contribution < 1.29 is 23.1 Å². The third-order valence-electron chi connectivity index (χ3n) is 3.75. The number of nitrogens with zero attached hydrogens (tertiary/aromatic N) is 1. The molecule has 2 unspecified atom stereocenters. The Morgan fingerprint density at radius 1 is 1.33 bits per heavy atom. The zero-order valence-electron chi connectivity index (χ0n) is 10.4. The number of hydrogen-bond acceptors (Lipinski definition) is 5. The quantitative estimate of drug-likeness (QED) is 0.723. The highest BCUT2D eigenvalue weighted by atomic mass is 32.2. The zero-order valence-corrected chi connectivity index (χ0v) is 11.2. The van der Waals surface area contributed by atoms with E-state index >= 15 is 0 Å². The van der Waals surface area contributed by atoms with Crippen molar-refractivity contribution in [1.29, 1.82) is 0 Å². The molecule has 2 heterocycles. The van der Waals surface area contributed by atoms with Gasteiger partial charge in [-0.25, -0.2) is 8.42 Å². The van der Waals surface area contributed by atoms with Gasteiger partial charge in [-0.2, -0.15) is 4.31 Å². The third-order valence-corrected chi connectivity index (χ3v) is 5.71. The van der Waals surface area contributed by atoms with Crippen LogP contribution in [0.15, 0.2) is 0 Å². The molecule has 0 spiro atoms. The minimum atomic E-state index is -3.43. The Morgan fingerprint density at radius 2 is 1.89 bits per heavy atom. The van der Waals surface area contributed by atoms with Crippen LogP contribution in [0.1, 0.15) is 32.1 Å². The standard InChI is InChI=1S/C11H19NO5S/c1-17-11(14)4-5-18(15,16)12-8-2-3-9(12)7-10(13)6-8/h8-10,13H,2-7H2,1H3. The molecule has 2 bridgehead atoms. The number of esters is 1. The van der Waals surface area contributed by atoms with Crippen LogP contribution < -0.4 is 0 Å². The molecule has 0 aliphatic carbocycles. The number of rotatable bonds is 4. The minimum Gasteiger partial charge on any atom is -0.469 e. The highest BCUT2D eigenvalue weighted by Crippen LogP contribution is 2.38. The van der Waals surface area contributed by atoms with Crippen molar-refractivity contribution in [3.8, 4) is 0 Å². The monoisotopic (exact) mass is 277 g/mol. The maximum Gasteiger partial charge on any atom is 0.306 e. The molecule has 0 saturated carbocycles. The fourth-order valence-electron chi connectivity index (χ4n) is 2.98. The van der Waals surface area contributed by atoms with Gasteiger partial charge in [0.15, 0.2) is 0 Å². The first-order valence-electron chi connectivity index (χ1n) is 6.20. The molecule has 2 atom stereocenters. The smallest absolute Gasteiger partial charge is 0.306 e. The summed E-state index contributed by atoms with van der Waals surface area (Å²) < 4.78 is 30.4. The van der Waals surface area contributed by atoms with Crippen molar-refractivity contribution in [2.24, 2.45) is 0 Å². The van der Waals surface area contributed by atoms with Gasteiger partial charge in [0.05, 0.1) is 25.4 Å². The van der Waals surface area contributed by atoms with Crippen LogP contribution in [-0.4, -0.2) is 54.8 Å². The van der Waals surface area contributed by atoms with Crippen LogP contribution in [-0.2, 0) is 19.6 Å². The number of methoxy groups -OCH3 is 1. The van der Waals surface area contributed by atoms with Gasteiger partial charge in [-0.1, -0.05) is 0 Å². The maximum atomic E-state index is 12.2. The molecule has 1 N–H and O–H groups in total. The van der Waals surface area contributed by atoms with E-state index in [1.165, 1.54) is 11.4 Å². The van der Waals surface area contributed by atoms with Crippen LogP contribution in [0.2, 0.25) is 0 Å². The molecule has 18 heavy (non-hydrogen) atoms. The molecule has 104 valence electrons. The predicted octanol–water partition coefficient (Wildman–Crippen LogP) is -0.133. The molecular formula is C11H19NO5S. The second kappa shape index (κ2) is 5.14. The SMILES string of the molecule is COC(=O)CCS(=O)(=O)N1C2CCC1CC(O)C2. The van der Waals surface area contributed by atoms with Crippen LogP contribution in [0.4, 0.5) is 0 Å². The van der Waals surface area contributed by atoms with Crippen molar-refractivity contribution in [2.75, 3.05) is 12.9 Å². The Morgan fingerprint density at radius 3 is 2.39 bits per heavy atom. The van der Waals surface area contributed by atoms with Crippen LogP contribution >= 0.6 is 0 Å². The predicted molar refractivity (Wildman–Crippen MR) is 64.3 cm³/mol. The summed E-state index contributed by atoms with van der Waals surface area (Å²) in [6.45, 7) is 0. The summed E-state index contributed by atoms with van der Waals surface area (Å²) in [7, 11) is -2.18. The molecule has 0 radical (unpaired) electrons. The summed E-state index contributed by atoms with van der Waals surface area (Å²) in [5.74, 6) is -0.717. The summed E-state index contributed by atoms with van der Waals surface area (Å²) in [6.07, 6.45) is 2.12. The summed E-state index contributed by atoms with van der Waals surface area (Å²) in [4.78, 5) is 11.0. The van der Waals surface area contributed by atoms with Gasteiger partial charge in [0.1, 0.15) is 0 Å². The van der Waals surface area contributed by atoms with E-state index in [1.807, 2.05) is 0 Å². The summed E-state index contributed by atoms with van der Waals surface area (Å²) >= 11 is 0. The van der Waals surface area contributed by atoms with Crippen molar-refractivity contribution in [1.82, 2.24) is 4.31 Å². The third kappa shape index (κ3) is 2.67. The van der Waals surface area contributed by atoms with Gasteiger partial charge in [-0.3, -0.25) is 4.79 Å². The van der Waals surface area contributed by atoms with E-state index in [4.69, 9.17) is 0 Å². The summed E-state index contributed by atoms with van der Waals surface area (Å²) in [6, 6.07) is -0.192. The van der Waals surface area contributed by atoms with E-state index in [1.54, 1.807) is 0 Å². The fourth-order valence-corrected chi connectivity index (χ4v) is 4.91. The molecule has 6 nitrogen and oxygen atoms in total. The molecule has 2 saturated heterocycles. The molecule has 2 aliphatic heterocycles. The van der Waals surface area contributed by atoms with Crippen LogP contribution in [0.5, 0.6) is 0 Å². The van der Waals surface area contributed by atoms with Crippen molar-refractivity contribution >= 4 is 16.0 Å². The summed E-state index contributed by atoms with van der Waals surface area (Å²) in [5, 5.41) is 9.63. The topological polar surface area (TPSA) is 83.9 Å². The first-order chi connectivity index (χ1) is 8.44. The number of sulfonamides is 1. The van der Waals surface area contributed by atoms with Gasteiger partial charge >= 0.3 is 5.97 Å². The second-order valence-electron chi connectivity index (χ2n) is 4.98. The van der Waals surface area contributed by atoms with E-state index in [0.717, 1.165) is 12.8 Å². The van der Waals surface area contributed by atoms with E-state index in [9.17, 15) is 18.3 Å². The summed E-state index contributed by atoms with van der Waals surface area (Å²) in [5.41, 5.74) is 0. The lowest BCUT2D eigenvalue weighted by atomic mass is 10.0. The van der Waals surface area contributed by atoms with E-state index in [2.05, 4.69) is 4.74 Å². The number of carbonyl (C=O) groups is 1. The average Bonchev–Trinajstić information content (AvgIpc) is 2.60. The maximum absolute atomic E-state index is 12.2. The van der Waals surface area contributed by atoms with Gasteiger partial charge in [0.2, 0.25) is 10.0 Å². The Labute approximate surface area is 107 Å². The molecular weight excluding hydrogens is 258 g/mol. The van der Waals surface area contributed by atoms with Crippen molar-refractivity contribution in [3.05, 3.63) is 0 Å². The number of piperidine rings is 1. The average molecular weight is 277 g/mol. The second-order valence-corrected chi connectivity index (χ2v) is 6.98. The molecule has 0 amide bonds. The van der Waals surface area contributed by atoms with E-state index < -0.39 is 22.1 Å². The Balaban J connectivity index is 2.04. The molecule has 0 aromatic heterocycles. The number of carbonyl (C=O) groups excluding carboxylic acids is 1. The Bertz CT molecular complexity index is 407. The highest BCUT2D eigenvalue weighted by molar-refractivity contribution is 7.89. The van der Waals surface area contributed by atoms with Gasteiger partial charge in [-0.05, 0) is 25.7 Å². The Hall–Kier alpha value is -0.660.